The van der Waals surface area contributed by atoms with Gasteiger partial charge < -0.3 is 14.0 Å². The highest BCUT2D eigenvalue weighted by Crippen LogP contribution is 2.42. The molecule has 2 heterocycles. The fourth-order valence-corrected chi connectivity index (χ4v) is 6.38. The van der Waals surface area contributed by atoms with Crippen LogP contribution >= 0.6 is 15.9 Å². The molecular weight excluding hydrogens is 461 g/mol. The van der Waals surface area contributed by atoms with Crippen molar-refractivity contribution in [2.24, 2.45) is 17.8 Å². The predicted molar refractivity (Wildman–Crippen MR) is 123 cm³/mol. The van der Waals surface area contributed by atoms with E-state index in [-0.39, 0.29) is 29.4 Å². The Morgan fingerprint density at radius 2 is 1.48 bits per heavy atom. The second kappa shape index (κ2) is 9.72. The van der Waals surface area contributed by atoms with Crippen LogP contribution in [-0.2, 0) is 18.8 Å². The van der Waals surface area contributed by atoms with Crippen LogP contribution in [0.15, 0.2) is 0 Å². The highest BCUT2D eigenvalue weighted by atomic mass is 79.9. The van der Waals surface area contributed by atoms with Crippen molar-refractivity contribution in [3.05, 3.63) is 0 Å². The number of alkyl halides is 1. The Bertz CT molecular complexity index is 638. The van der Waals surface area contributed by atoms with Gasteiger partial charge in [-0.25, -0.2) is 9.69 Å². The van der Waals surface area contributed by atoms with E-state index in [1.165, 1.54) is 69.1 Å². The molecule has 6 nitrogen and oxygen atoms in total. The first-order valence-corrected chi connectivity index (χ1v) is 13.2. The first-order valence-electron chi connectivity index (χ1n) is 12.3. The molecule has 31 heavy (non-hydrogen) atoms. The van der Waals surface area contributed by atoms with Gasteiger partial charge in [0.05, 0.1) is 22.5 Å². The number of hydrogen-bond acceptors (Lipinski definition) is 5. The first-order chi connectivity index (χ1) is 14.8. The average Bonchev–Trinajstić information content (AvgIpc) is 3.34. The number of ether oxygens (including phenoxy) is 1. The maximum atomic E-state index is 13.2. The third-order valence-corrected chi connectivity index (χ3v) is 9.04. The molecule has 8 heteroatoms. The van der Waals surface area contributed by atoms with E-state index >= 15 is 0 Å². The molecule has 0 unspecified atom stereocenters. The van der Waals surface area contributed by atoms with Crippen molar-refractivity contribution in [1.29, 1.82) is 0 Å². The topological polar surface area (TPSA) is 65.1 Å². The van der Waals surface area contributed by atoms with Crippen LogP contribution in [0.25, 0.3) is 0 Å². The largest absolute Gasteiger partial charge is 0.472 e. The molecule has 2 amide bonds. The van der Waals surface area contributed by atoms with Crippen LogP contribution in [0, 0.1) is 17.8 Å². The van der Waals surface area contributed by atoms with Gasteiger partial charge in [0.1, 0.15) is 6.61 Å². The lowest BCUT2D eigenvalue weighted by atomic mass is 9.77. The summed E-state index contributed by atoms with van der Waals surface area (Å²) in [5, 5.41) is 0. The zero-order chi connectivity index (χ0) is 22.2. The molecule has 0 radical (unpaired) electrons. The van der Waals surface area contributed by atoms with Crippen molar-refractivity contribution in [3.63, 3.8) is 0 Å². The van der Waals surface area contributed by atoms with Gasteiger partial charge in [0.15, 0.2) is 0 Å². The third-order valence-electron chi connectivity index (χ3n) is 7.82. The molecule has 0 aromatic rings. The van der Waals surface area contributed by atoms with Gasteiger partial charge in [-0.3, -0.25) is 4.79 Å². The normalized spacial score (nSPS) is 32.2. The fourth-order valence-electron chi connectivity index (χ4n) is 5.91. The number of hydrogen-bond donors (Lipinski definition) is 0. The molecule has 2 saturated heterocycles. The van der Waals surface area contributed by atoms with Crippen LogP contribution < -0.4 is 0 Å². The molecule has 0 bridgehead atoms. The summed E-state index contributed by atoms with van der Waals surface area (Å²) in [6.07, 6.45) is 12.2. The van der Waals surface area contributed by atoms with Crippen LogP contribution in [0.1, 0.15) is 85.0 Å². The average molecular weight is 498 g/mol. The molecule has 2 saturated carbocycles. The van der Waals surface area contributed by atoms with Crippen molar-refractivity contribution in [2.75, 3.05) is 6.61 Å². The Hall–Kier alpha value is -0.595. The molecule has 174 valence electrons. The highest BCUT2D eigenvalue weighted by molar-refractivity contribution is 9.10. The van der Waals surface area contributed by atoms with Gasteiger partial charge in [-0.2, -0.15) is 0 Å². The van der Waals surface area contributed by atoms with Gasteiger partial charge in [-0.05, 0) is 51.4 Å². The Balaban J connectivity index is 1.47. The molecule has 0 N–H and O–H groups in total. The lowest BCUT2D eigenvalue weighted by Crippen LogP contribution is -2.51. The van der Waals surface area contributed by atoms with Gasteiger partial charge in [0.25, 0.3) is 0 Å². The fraction of sp³-hybridized carbons (Fsp3) is 0.913. The Morgan fingerprint density at radius 3 is 1.90 bits per heavy atom. The molecule has 0 aromatic carbocycles. The number of carbonyl (C=O) groups excluding carboxylic acids is 2. The minimum atomic E-state index is -0.637. The second-order valence-corrected chi connectivity index (χ2v) is 11.7. The van der Waals surface area contributed by atoms with Crippen LogP contribution in [0.4, 0.5) is 4.79 Å². The zero-order valence-corrected chi connectivity index (χ0v) is 20.8. The maximum Gasteiger partial charge on any atom is 0.472 e. The number of amides is 2. The van der Waals surface area contributed by atoms with Gasteiger partial charge in [-0.15, -0.1) is 0 Å². The number of cyclic esters (lactones) is 1. The van der Waals surface area contributed by atoms with Crippen molar-refractivity contribution < 1.29 is 23.6 Å². The molecule has 2 aliphatic heterocycles. The Labute approximate surface area is 195 Å². The van der Waals surface area contributed by atoms with E-state index in [2.05, 4.69) is 15.9 Å². The predicted octanol–water partition coefficient (Wildman–Crippen LogP) is 5.12. The van der Waals surface area contributed by atoms with Crippen LogP contribution in [0.2, 0.25) is 0 Å². The van der Waals surface area contributed by atoms with Gasteiger partial charge in [0.2, 0.25) is 5.91 Å². The van der Waals surface area contributed by atoms with E-state index in [1.54, 1.807) is 0 Å². The number of carbonyl (C=O) groups is 2. The van der Waals surface area contributed by atoms with Crippen LogP contribution in [0.3, 0.4) is 0 Å². The van der Waals surface area contributed by atoms with Crippen molar-refractivity contribution in [1.82, 2.24) is 4.90 Å². The molecule has 2 aliphatic carbocycles. The number of nitrogens with zero attached hydrogens (tertiary/aromatic N) is 1. The lowest BCUT2D eigenvalue weighted by Gasteiger charge is -2.35. The maximum absolute atomic E-state index is 13.2. The molecule has 0 spiro atoms. The Morgan fingerprint density at radius 1 is 1.00 bits per heavy atom. The van der Waals surface area contributed by atoms with Crippen molar-refractivity contribution in [3.8, 4) is 0 Å². The molecule has 4 aliphatic rings. The van der Waals surface area contributed by atoms with Crippen molar-refractivity contribution in [2.45, 2.75) is 107 Å². The summed E-state index contributed by atoms with van der Waals surface area (Å²) in [7, 11) is -0.473. The standard InChI is InChI=1S/C23H37BBrNO5/c1-15(21(27)26-22(28)29-14-23(26,2)3)20(25)24-30-18(16-10-6-4-7-11-16)19(31-24)17-12-8-5-9-13-17/h15-20H,4-14H2,1-3H3/t15-,18+,19+,20-/m1/s1. The monoisotopic (exact) mass is 497 g/mol. The molecule has 0 aromatic heterocycles. The summed E-state index contributed by atoms with van der Waals surface area (Å²) in [6.45, 7) is 5.78. The lowest BCUT2D eigenvalue weighted by molar-refractivity contribution is -0.134. The summed E-state index contributed by atoms with van der Waals surface area (Å²) in [5.41, 5.74) is -0.637. The summed E-state index contributed by atoms with van der Waals surface area (Å²) in [5.74, 6) is 0.386. The van der Waals surface area contributed by atoms with Gasteiger partial charge >= 0.3 is 13.2 Å². The quantitative estimate of drug-likeness (QED) is 0.389. The van der Waals surface area contributed by atoms with Crippen LogP contribution in [0.5, 0.6) is 0 Å². The molecule has 4 atom stereocenters. The summed E-state index contributed by atoms with van der Waals surface area (Å²) in [6, 6.07) is 0. The minimum absolute atomic E-state index is 0.115. The van der Waals surface area contributed by atoms with E-state index < -0.39 is 24.7 Å². The SMILES string of the molecule is C[C@@H](C(=O)N1C(=O)OCC1(C)C)[C@@H](Br)B1O[C@@H](C2CCCCC2)[C@H](C2CCCCC2)O1. The summed E-state index contributed by atoms with van der Waals surface area (Å²) < 4.78 is 18.0. The number of rotatable bonds is 5. The van der Waals surface area contributed by atoms with Crippen molar-refractivity contribution >= 4 is 35.0 Å². The number of imide groups is 1. The van der Waals surface area contributed by atoms with E-state index in [4.69, 9.17) is 14.0 Å². The minimum Gasteiger partial charge on any atom is -0.447 e. The zero-order valence-electron chi connectivity index (χ0n) is 19.2. The first kappa shape index (κ1) is 23.6. The molecule has 4 rings (SSSR count). The van der Waals surface area contributed by atoms with E-state index in [1.807, 2.05) is 20.8 Å². The number of halogens is 1. The summed E-state index contributed by atoms with van der Waals surface area (Å²) >= 11 is 3.73. The molecular formula is C23H37BBrNO5. The van der Waals surface area contributed by atoms with E-state index in [9.17, 15) is 9.59 Å². The molecule has 4 fully saturated rings. The van der Waals surface area contributed by atoms with Crippen LogP contribution in [-0.4, -0.2) is 53.1 Å². The summed E-state index contributed by atoms with van der Waals surface area (Å²) in [4.78, 5) is 26.7. The van der Waals surface area contributed by atoms with E-state index in [0.29, 0.717) is 11.8 Å². The second-order valence-electron chi connectivity index (χ2n) is 10.6. The van der Waals surface area contributed by atoms with Gasteiger partial charge in [-0.1, -0.05) is 61.4 Å². The Kier molecular flexibility index (Phi) is 7.39. The smallest absolute Gasteiger partial charge is 0.447 e. The van der Waals surface area contributed by atoms with E-state index in [0.717, 1.165) is 0 Å². The van der Waals surface area contributed by atoms with Gasteiger partial charge in [0, 0.05) is 5.92 Å². The highest BCUT2D eigenvalue weighted by Gasteiger charge is 2.53. The third kappa shape index (κ3) is 4.86.